The van der Waals surface area contributed by atoms with E-state index in [9.17, 15) is 13.2 Å². The minimum absolute atomic E-state index is 0.187. The summed E-state index contributed by atoms with van der Waals surface area (Å²) < 4.78 is 28.0. The Balaban J connectivity index is 1.54. The minimum Gasteiger partial charge on any atom is -0.321 e. The van der Waals surface area contributed by atoms with Gasteiger partial charge in [0.05, 0.1) is 10.6 Å². The second kappa shape index (κ2) is 9.30. The lowest BCUT2D eigenvalue weighted by molar-refractivity contribution is 0.102. The molecule has 0 aliphatic carbocycles. The van der Waals surface area contributed by atoms with E-state index in [1.807, 2.05) is 61.5 Å². The monoisotopic (exact) mass is 456 g/mol. The second-order valence-corrected chi connectivity index (χ2v) is 9.50. The number of benzene rings is 4. The highest BCUT2D eigenvalue weighted by atomic mass is 32.2. The van der Waals surface area contributed by atoms with Crippen molar-refractivity contribution in [2.75, 3.05) is 10.0 Å². The van der Waals surface area contributed by atoms with Crippen LogP contribution >= 0.6 is 0 Å². The third kappa shape index (κ3) is 5.13. The second-order valence-electron chi connectivity index (χ2n) is 7.81. The van der Waals surface area contributed by atoms with Gasteiger partial charge in [0.2, 0.25) is 0 Å². The summed E-state index contributed by atoms with van der Waals surface area (Å²) in [7, 11) is -3.72. The van der Waals surface area contributed by atoms with Crippen LogP contribution in [0.3, 0.4) is 0 Å². The van der Waals surface area contributed by atoms with Gasteiger partial charge < -0.3 is 5.32 Å². The molecule has 33 heavy (non-hydrogen) atoms. The first-order valence-corrected chi connectivity index (χ1v) is 12.0. The molecule has 166 valence electrons. The number of nitrogens with one attached hydrogen (secondary N) is 2. The van der Waals surface area contributed by atoms with Gasteiger partial charge in [-0.2, -0.15) is 0 Å². The zero-order valence-electron chi connectivity index (χ0n) is 18.4. The van der Waals surface area contributed by atoms with E-state index in [-0.39, 0.29) is 10.8 Å². The lowest BCUT2D eigenvalue weighted by Gasteiger charge is -2.14. The fourth-order valence-electron chi connectivity index (χ4n) is 3.50. The van der Waals surface area contributed by atoms with Crippen LogP contribution in [0.15, 0.2) is 102 Å². The molecule has 0 aliphatic heterocycles. The molecule has 0 radical (unpaired) electrons. The van der Waals surface area contributed by atoms with Crippen molar-refractivity contribution in [1.82, 2.24) is 0 Å². The van der Waals surface area contributed by atoms with Crippen LogP contribution in [0, 0.1) is 13.8 Å². The van der Waals surface area contributed by atoms with Gasteiger partial charge in [0.15, 0.2) is 0 Å². The van der Waals surface area contributed by atoms with Crippen LogP contribution < -0.4 is 10.0 Å². The predicted molar refractivity (Wildman–Crippen MR) is 133 cm³/mol. The van der Waals surface area contributed by atoms with Crippen LogP contribution in [0.25, 0.3) is 11.1 Å². The first-order chi connectivity index (χ1) is 15.8. The molecule has 2 N–H and O–H groups in total. The normalized spacial score (nSPS) is 11.1. The predicted octanol–water partition coefficient (Wildman–Crippen LogP) is 6.02. The molecule has 0 unspecified atom stereocenters. The number of anilines is 2. The van der Waals surface area contributed by atoms with Gasteiger partial charge in [0.25, 0.3) is 15.9 Å². The minimum atomic E-state index is -3.72. The zero-order valence-corrected chi connectivity index (χ0v) is 19.2. The third-order valence-electron chi connectivity index (χ3n) is 5.32. The quantitative estimate of drug-likeness (QED) is 0.372. The van der Waals surface area contributed by atoms with E-state index in [0.29, 0.717) is 22.5 Å². The van der Waals surface area contributed by atoms with Crippen molar-refractivity contribution in [2.45, 2.75) is 18.7 Å². The molecule has 5 nitrogen and oxygen atoms in total. The van der Waals surface area contributed by atoms with Gasteiger partial charge in [0, 0.05) is 16.8 Å². The highest BCUT2D eigenvalue weighted by Crippen LogP contribution is 2.28. The molecule has 0 spiro atoms. The van der Waals surface area contributed by atoms with E-state index in [4.69, 9.17) is 0 Å². The summed E-state index contributed by atoms with van der Waals surface area (Å²) in [4.78, 5) is 13.1. The van der Waals surface area contributed by atoms with Gasteiger partial charge in [-0.25, -0.2) is 8.42 Å². The number of sulfonamides is 1. The third-order valence-corrected chi connectivity index (χ3v) is 6.71. The van der Waals surface area contributed by atoms with E-state index in [2.05, 4.69) is 10.0 Å². The summed E-state index contributed by atoms with van der Waals surface area (Å²) in [6.45, 7) is 3.66. The fourth-order valence-corrected chi connectivity index (χ4v) is 4.63. The molecule has 1 amide bonds. The number of carbonyl (C=O) groups excluding carboxylic acids is 1. The average molecular weight is 457 g/mol. The van der Waals surface area contributed by atoms with Crippen molar-refractivity contribution in [3.05, 3.63) is 114 Å². The van der Waals surface area contributed by atoms with Crippen LogP contribution in [-0.4, -0.2) is 14.3 Å². The van der Waals surface area contributed by atoms with Gasteiger partial charge >= 0.3 is 0 Å². The number of rotatable bonds is 6. The Bertz CT molecular complexity index is 1400. The maximum Gasteiger partial charge on any atom is 0.261 e. The van der Waals surface area contributed by atoms with Crippen LogP contribution in [0.2, 0.25) is 0 Å². The Morgan fingerprint density at radius 3 is 2.09 bits per heavy atom. The lowest BCUT2D eigenvalue weighted by atomic mass is 10.0. The highest BCUT2D eigenvalue weighted by molar-refractivity contribution is 7.92. The number of carbonyl (C=O) groups is 1. The number of para-hydroxylation sites is 1. The van der Waals surface area contributed by atoms with Crippen molar-refractivity contribution in [3.63, 3.8) is 0 Å². The summed E-state index contributed by atoms with van der Waals surface area (Å²) in [5.74, 6) is -0.269. The molecule has 0 saturated carbocycles. The maximum atomic E-state index is 12.9. The largest absolute Gasteiger partial charge is 0.321 e. The Hall–Kier alpha value is -3.90. The molecule has 4 rings (SSSR count). The van der Waals surface area contributed by atoms with E-state index in [1.54, 1.807) is 49.4 Å². The summed E-state index contributed by atoms with van der Waals surface area (Å²) in [6.07, 6.45) is 0. The summed E-state index contributed by atoms with van der Waals surface area (Å²) in [5, 5.41) is 2.97. The molecular weight excluding hydrogens is 432 g/mol. The fraction of sp³-hybridized carbons (Fsp3) is 0.0741. The molecule has 0 bridgehead atoms. The van der Waals surface area contributed by atoms with Gasteiger partial charge in [-0.05, 0) is 61.4 Å². The molecule has 0 fully saturated rings. The van der Waals surface area contributed by atoms with Crippen LogP contribution in [0.4, 0.5) is 11.4 Å². The Kier molecular flexibility index (Phi) is 6.29. The van der Waals surface area contributed by atoms with Gasteiger partial charge in [-0.3, -0.25) is 9.52 Å². The average Bonchev–Trinajstić information content (AvgIpc) is 2.81. The SMILES string of the molecule is Cc1ccc(S(=O)(=O)Nc2ccc(C(=O)Nc3ccccc3-c3ccccc3)cc2C)cc1. The lowest BCUT2D eigenvalue weighted by Crippen LogP contribution is -2.15. The maximum absolute atomic E-state index is 12.9. The molecular formula is C27H24N2O3S. The zero-order chi connectivity index (χ0) is 23.4. The van der Waals surface area contributed by atoms with Crippen molar-refractivity contribution < 1.29 is 13.2 Å². The molecule has 0 saturated heterocycles. The van der Waals surface area contributed by atoms with Crippen LogP contribution in [-0.2, 0) is 10.0 Å². The Morgan fingerprint density at radius 2 is 1.39 bits per heavy atom. The van der Waals surface area contributed by atoms with E-state index < -0.39 is 10.0 Å². The van der Waals surface area contributed by atoms with Gasteiger partial charge in [-0.15, -0.1) is 0 Å². The number of amides is 1. The molecule has 4 aromatic rings. The van der Waals surface area contributed by atoms with E-state index >= 15 is 0 Å². The molecule has 0 aliphatic rings. The standard InChI is InChI=1S/C27H24N2O3S/c1-19-12-15-23(16-13-19)33(31,32)29-25-17-14-22(18-20(25)2)27(30)28-26-11-7-6-10-24(26)21-8-4-3-5-9-21/h3-18,29H,1-2H3,(H,28,30). The molecule has 6 heteroatoms. The Labute approximate surface area is 194 Å². The topological polar surface area (TPSA) is 75.3 Å². The number of aryl methyl sites for hydroxylation is 2. The van der Waals surface area contributed by atoms with Crippen molar-refractivity contribution >= 4 is 27.3 Å². The van der Waals surface area contributed by atoms with Crippen LogP contribution in [0.1, 0.15) is 21.5 Å². The molecule has 0 atom stereocenters. The summed E-state index contributed by atoms with van der Waals surface area (Å²) in [6, 6.07) is 29.0. The van der Waals surface area contributed by atoms with E-state index in [1.165, 1.54) is 0 Å². The summed E-state index contributed by atoms with van der Waals surface area (Å²) >= 11 is 0. The number of hydrogen-bond donors (Lipinski definition) is 2. The van der Waals surface area contributed by atoms with Gasteiger partial charge in [0.1, 0.15) is 0 Å². The Morgan fingerprint density at radius 1 is 0.727 bits per heavy atom. The number of hydrogen-bond acceptors (Lipinski definition) is 3. The van der Waals surface area contributed by atoms with E-state index in [0.717, 1.165) is 16.7 Å². The molecule has 0 aromatic heterocycles. The molecule has 4 aromatic carbocycles. The first kappa shape index (κ1) is 22.3. The first-order valence-electron chi connectivity index (χ1n) is 10.5. The van der Waals surface area contributed by atoms with Gasteiger partial charge in [-0.1, -0.05) is 66.2 Å². The summed E-state index contributed by atoms with van der Waals surface area (Å²) in [5.41, 5.74) is 5.13. The smallest absolute Gasteiger partial charge is 0.261 e. The van der Waals surface area contributed by atoms with Crippen molar-refractivity contribution in [2.24, 2.45) is 0 Å². The molecule has 0 heterocycles. The van der Waals surface area contributed by atoms with Crippen molar-refractivity contribution in [3.8, 4) is 11.1 Å². The van der Waals surface area contributed by atoms with Crippen LogP contribution in [0.5, 0.6) is 0 Å². The highest BCUT2D eigenvalue weighted by Gasteiger charge is 2.17. The van der Waals surface area contributed by atoms with Crippen molar-refractivity contribution in [1.29, 1.82) is 0 Å².